The van der Waals surface area contributed by atoms with Crippen molar-refractivity contribution in [2.24, 2.45) is 0 Å². The Morgan fingerprint density at radius 1 is 1.10 bits per heavy atom. The van der Waals surface area contributed by atoms with E-state index >= 15 is 0 Å². The molecule has 0 radical (unpaired) electrons. The summed E-state index contributed by atoms with van der Waals surface area (Å²) in [5.74, 6) is -0.321. The average Bonchev–Trinajstić information content (AvgIpc) is 2.84. The minimum absolute atomic E-state index is 0.00709. The molecule has 7 nitrogen and oxygen atoms in total. The number of nitrogens with one attached hydrogen (secondary N) is 3. The van der Waals surface area contributed by atoms with Gasteiger partial charge in [0.05, 0.1) is 4.90 Å². The van der Waals surface area contributed by atoms with Gasteiger partial charge in [0, 0.05) is 30.8 Å². The Kier molecular flexibility index (Phi) is 6.34. The van der Waals surface area contributed by atoms with Gasteiger partial charge in [-0.25, -0.2) is 13.1 Å². The van der Waals surface area contributed by atoms with Crippen LogP contribution in [-0.4, -0.2) is 26.8 Å². The number of hydrogen-bond donors (Lipinski definition) is 3. The molecule has 0 saturated carbocycles. The smallest absolute Gasteiger partial charge is 0.240 e. The normalized spacial score (nSPS) is 13.9. The molecular weight excluding hydrogens is 390 g/mol. The van der Waals surface area contributed by atoms with Crippen molar-refractivity contribution in [3.05, 3.63) is 53.1 Å². The van der Waals surface area contributed by atoms with Crippen LogP contribution in [0, 0.1) is 13.8 Å². The van der Waals surface area contributed by atoms with E-state index in [1.165, 1.54) is 6.07 Å². The number of anilines is 2. The molecule has 8 heteroatoms. The molecule has 1 aliphatic rings. The van der Waals surface area contributed by atoms with Crippen LogP contribution in [0.5, 0.6) is 0 Å². The lowest BCUT2D eigenvalue weighted by atomic mass is 10.1. The highest BCUT2D eigenvalue weighted by molar-refractivity contribution is 7.89. The van der Waals surface area contributed by atoms with Crippen LogP contribution in [-0.2, 0) is 26.0 Å². The topological polar surface area (TPSA) is 104 Å². The predicted octanol–water partition coefficient (Wildman–Crippen LogP) is 2.89. The van der Waals surface area contributed by atoms with Gasteiger partial charge < -0.3 is 10.6 Å². The van der Waals surface area contributed by atoms with Gasteiger partial charge in [0.1, 0.15) is 0 Å². The number of fused-ring (bicyclic) bond motifs is 1. The van der Waals surface area contributed by atoms with Crippen molar-refractivity contribution in [3.63, 3.8) is 0 Å². The first kappa shape index (κ1) is 21.0. The van der Waals surface area contributed by atoms with Crippen LogP contribution in [0.3, 0.4) is 0 Å². The summed E-state index contributed by atoms with van der Waals surface area (Å²) in [6, 6.07) is 10.4. The minimum atomic E-state index is -3.75. The molecule has 2 aromatic carbocycles. The molecule has 29 heavy (non-hydrogen) atoms. The quantitative estimate of drug-likeness (QED) is 0.675. The van der Waals surface area contributed by atoms with Gasteiger partial charge in [0.2, 0.25) is 21.8 Å². The number of amides is 2. The Balaban J connectivity index is 1.60. The largest absolute Gasteiger partial charge is 0.326 e. The lowest BCUT2D eigenvalue weighted by molar-refractivity contribution is -0.116. The highest BCUT2D eigenvalue weighted by Gasteiger charge is 2.19. The summed E-state index contributed by atoms with van der Waals surface area (Å²) in [6.07, 6.45) is 1.75. The third-order valence-corrected chi connectivity index (χ3v) is 6.28. The second-order valence-corrected chi connectivity index (χ2v) is 9.00. The Morgan fingerprint density at radius 2 is 1.90 bits per heavy atom. The highest BCUT2D eigenvalue weighted by Crippen LogP contribution is 2.25. The molecule has 2 aromatic rings. The van der Waals surface area contributed by atoms with Gasteiger partial charge in [0.25, 0.3) is 0 Å². The van der Waals surface area contributed by atoms with Crippen molar-refractivity contribution in [1.29, 1.82) is 0 Å². The zero-order chi connectivity index (χ0) is 21.0. The second kappa shape index (κ2) is 8.75. The van der Waals surface area contributed by atoms with Crippen molar-refractivity contribution in [3.8, 4) is 0 Å². The van der Waals surface area contributed by atoms with Crippen molar-refractivity contribution in [1.82, 2.24) is 4.72 Å². The molecule has 0 bridgehead atoms. The van der Waals surface area contributed by atoms with Crippen LogP contribution in [0.2, 0.25) is 0 Å². The Hall–Kier alpha value is -2.71. The molecule has 0 aromatic heterocycles. The molecule has 3 rings (SSSR count). The molecule has 0 spiro atoms. The van der Waals surface area contributed by atoms with Crippen LogP contribution in [0.15, 0.2) is 41.3 Å². The van der Waals surface area contributed by atoms with Crippen LogP contribution >= 0.6 is 0 Å². The van der Waals surface area contributed by atoms with Crippen LogP contribution < -0.4 is 15.4 Å². The number of benzene rings is 2. The lowest BCUT2D eigenvalue weighted by Gasteiger charge is -2.12. The molecule has 1 aliphatic heterocycles. The Labute approximate surface area is 171 Å². The fourth-order valence-electron chi connectivity index (χ4n) is 3.18. The summed E-state index contributed by atoms with van der Waals surface area (Å²) in [6.45, 7) is 3.83. The molecule has 0 atom stereocenters. The first-order valence-corrected chi connectivity index (χ1v) is 11.0. The average molecular weight is 416 g/mol. The first-order valence-electron chi connectivity index (χ1n) is 9.54. The summed E-state index contributed by atoms with van der Waals surface area (Å²) in [4.78, 5) is 23.9. The molecule has 0 fully saturated rings. The molecule has 0 saturated heterocycles. The van der Waals surface area contributed by atoms with E-state index in [1.54, 1.807) is 12.1 Å². The van der Waals surface area contributed by atoms with Gasteiger partial charge in [-0.15, -0.1) is 0 Å². The van der Waals surface area contributed by atoms with Gasteiger partial charge in [-0.3, -0.25) is 9.59 Å². The monoisotopic (exact) mass is 415 g/mol. The number of aryl methyl sites for hydroxylation is 3. The summed E-state index contributed by atoms with van der Waals surface area (Å²) in [5.41, 5.74) is 4.16. The summed E-state index contributed by atoms with van der Waals surface area (Å²) < 4.78 is 27.6. The van der Waals surface area contributed by atoms with E-state index in [9.17, 15) is 18.0 Å². The maximum Gasteiger partial charge on any atom is 0.240 e. The van der Waals surface area contributed by atoms with Gasteiger partial charge in [-0.1, -0.05) is 12.1 Å². The first-order chi connectivity index (χ1) is 13.7. The molecule has 2 amide bonds. The highest BCUT2D eigenvalue weighted by atomic mass is 32.2. The van der Waals surface area contributed by atoms with E-state index in [0.29, 0.717) is 24.9 Å². The predicted molar refractivity (Wildman–Crippen MR) is 112 cm³/mol. The molecule has 0 aliphatic carbocycles. The maximum absolute atomic E-state index is 12.6. The second-order valence-electron chi connectivity index (χ2n) is 7.24. The number of carbonyl (C=O) groups is 2. The van der Waals surface area contributed by atoms with E-state index in [-0.39, 0.29) is 29.7 Å². The van der Waals surface area contributed by atoms with E-state index in [0.717, 1.165) is 22.4 Å². The van der Waals surface area contributed by atoms with Crippen molar-refractivity contribution in [2.45, 2.75) is 44.4 Å². The van der Waals surface area contributed by atoms with E-state index in [2.05, 4.69) is 15.4 Å². The fraction of sp³-hybridized carbons (Fsp3) is 0.333. The minimum Gasteiger partial charge on any atom is -0.326 e. The maximum atomic E-state index is 12.6. The third kappa shape index (κ3) is 5.42. The summed E-state index contributed by atoms with van der Waals surface area (Å²) >= 11 is 0. The fourth-order valence-corrected chi connectivity index (χ4v) is 4.27. The van der Waals surface area contributed by atoms with E-state index < -0.39 is 10.0 Å². The van der Waals surface area contributed by atoms with Crippen molar-refractivity contribution in [2.75, 3.05) is 17.2 Å². The van der Waals surface area contributed by atoms with Gasteiger partial charge in [0.15, 0.2) is 0 Å². The zero-order valence-electron chi connectivity index (χ0n) is 16.5. The van der Waals surface area contributed by atoms with Gasteiger partial charge >= 0.3 is 0 Å². The van der Waals surface area contributed by atoms with Crippen molar-refractivity contribution >= 4 is 33.2 Å². The Morgan fingerprint density at radius 3 is 2.69 bits per heavy atom. The zero-order valence-corrected chi connectivity index (χ0v) is 17.4. The number of carbonyl (C=O) groups excluding carboxylic acids is 2. The van der Waals surface area contributed by atoms with E-state index in [4.69, 9.17) is 0 Å². The van der Waals surface area contributed by atoms with Crippen LogP contribution in [0.1, 0.15) is 36.0 Å². The molecular formula is C21H25N3O4S. The van der Waals surface area contributed by atoms with Gasteiger partial charge in [-0.05, 0) is 67.6 Å². The molecule has 1 heterocycles. The van der Waals surface area contributed by atoms with Crippen LogP contribution in [0.4, 0.5) is 11.4 Å². The number of rotatable bonds is 6. The number of sulfonamides is 1. The van der Waals surface area contributed by atoms with Crippen molar-refractivity contribution < 1.29 is 18.0 Å². The molecule has 0 unspecified atom stereocenters. The number of hydrogen-bond acceptors (Lipinski definition) is 4. The SMILES string of the molecule is Cc1ccc(C)c(NC(=O)CCNS(=O)(=O)c2ccc3c(c2)CCCC(=O)N3)c1. The summed E-state index contributed by atoms with van der Waals surface area (Å²) in [7, 11) is -3.75. The van der Waals surface area contributed by atoms with E-state index in [1.807, 2.05) is 32.0 Å². The summed E-state index contributed by atoms with van der Waals surface area (Å²) in [5, 5.41) is 5.60. The van der Waals surface area contributed by atoms with Gasteiger partial charge in [-0.2, -0.15) is 0 Å². The molecule has 3 N–H and O–H groups in total. The molecule has 154 valence electrons. The third-order valence-electron chi connectivity index (χ3n) is 4.82. The lowest BCUT2D eigenvalue weighted by Crippen LogP contribution is -2.28. The van der Waals surface area contributed by atoms with Crippen LogP contribution in [0.25, 0.3) is 0 Å². The Bertz CT molecular complexity index is 1050. The standard InChI is InChI=1S/C21H25N3O4S/c1-14-6-7-15(2)19(12-14)24-21(26)10-11-22-29(27,28)17-8-9-18-16(13-17)4-3-5-20(25)23-18/h6-9,12-13,22H,3-5,10-11H2,1-2H3,(H,23,25)(H,24,26).